The quantitative estimate of drug-likeness (QED) is 0.686. The summed E-state index contributed by atoms with van der Waals surface area (Å²) in [5, 5.41) is 0. The molecule has 0 saturated heterocycles. The van der Waals surface area contributed by atoms with Crippen molar-refractivity contribution in [1.82, 2.24) is 0 Å². The van der Waals surface area contributed by atoms with Crippen molar-refractivity contribution in [2.24, 2.45) is 0 Å². The molecule has 1 aliphatic rings. The summed E-state index contributed by atoms with van der Waals surface area (Å²) in [4.78, 5) is 26.2. The van der Waals surface area contributed by atoms with E-state index in [4.69, 9.17) is 23.7 Å². The maximum atomic E-state index is 12.5. The van der Waals surface area contributed by atoms with E-state index in [-0.39, 0.29) is 24.6 Å². The summed E-state index contributed by atoms with van der Waals surface area (Å²) in [5.74, 6) is 0.139. The Morgan fingerprint density at radius 2 is 1.48 bits per heavy atom. The molecule has 0 bridgehead atoms. The Morgan fingerprint density at radius 1 is 0.862 bits per heavy atom. The van der Waals surface area contributed by atoms with E-state index in [1.54, 1.807) is 43.5 Å². The van der Waals surface area contributed by atoms with Crippen LogP contribution in [0, 0.1) is 0 Å². The fraction of sp³-hybridized carbons (Fsp3) is 0.238. The van der Waals surface area contributed by atoms with Crippen molar-refractivity contribution in [3.63, 3.8) is 0 Å². The molecule has 2 aromatic rings. The smallest absolute Gasteiger partial charge is 0.355 e. The average Bonchev–Trinajstić information content (AvgIpc) is 2.78. The maximum absolute atomic E-state index is 12.5. The van der Waals surface area contributed by atoms with Crippen LogP contribution < -0.4 is 14.4 Å². The third kappa shape index (κ3) is 4.17. The van der Waals surface area contributed by atoms with Crippen LogP contribution in [0.4, 0.5) is 5.69 Å². The molecule has 0 fully saturated rings. The summed E-state index contributed by atoms with van der Waals surface area (Å²) in [7, 11) is 4.03. The molecule has 0 spiro atoms. The van der Waals surface area contributed by atoms with Crippen LogP contribution in [0.1, 0.15) is 0 Å². The van der Waals surface area contributed by atoms with Gasteiger partial charge in [0.25, 0.3) is 0 Å². The molecule has 1 aliphatic heterocycles. The summed E-state index contributed by atoms with van der Waals surface area (Å²) in [5.41, 5.74) is 0.624. The molecule has 8 heteroatoms. The van der Waals surface area contributed by atoms with Crippen LogP contribution in [0.2, 0.25) is 0 Å². The van der Waals surface area contributed by atoms with Crippen LogP contribution in [-0.4, -0.2) is 46.6 Å². The standard InChI is InChI=1S/C21H21NO7/c1-25-17-10-6-7-11-18(17)29-16-9-5-4-8-15(16)22-13-28-12-14(20(23)26-2)19(22)21(24)27-3/h4-11H,12-13H2,1-3H3. The topological polar surface area (TPSA) is 83.5 Å². The molecule has 8 nitrogen and oxygen atoms in total. The summed E-state index contributed by atoms with van der Waals surface area (Å²) < 4.78 is 26.6. The van der Waals surface area contributed by atoms with Gasteiger partial charge in [-0.25, -0.2) is 9.59 Å². The second kappa shape index (κ2) is 9.11. The summed E-state index contributed by atoms with van der Waals surface area (Å²) in [6, 6.07) is 14.3. The lowest BCUT2D eigenvalue weighted by Gasteiger charge is -2.32. The second-order valence-electron chi connectivity index (χ2n) is 5.94. The molecule has 0 saturated carbocycles. The van der Waals surface area contributed by atoms with Gasteiger partial charge in [0.15, 0.2) is 17.2 Å². The second-order valence-corrected chi connectivity index (χ2v) is 5.94. The highest BCUT2D eigenvalue weighted by molar-refractivity contribution is 6.03. The molecule has 3 rings (SSSR count). The molecule has 0 aromatic heterocycles. The van der Waals surface area contributed by atoms with Gasteiger partial charge in [0.05, 0.1) is 39.2 Å². The van der Waals surface area contributed by atoms with E-state index in [0.29, 0.717) is 22.9 Å². The zero-order valence-electron chi connectivity index (χ0n) is 16.3. The molecule has 152 valence electrons. The number of para-hydroxylation sites is 4. The molecule has 0 atom stereocenters. The minimum Gasteiger partial charge on any atom is -0.493 e. The van der Waals surface area contributed by atoms with Gasteiger partial charge in [-0.05, 0) is 24.3 Å². The lowest BCUT2D eigenvalue weighted by Crippen LogP contribution is -2.38. The molecule has 0 N–H and O–H groups in total. The fourth-order valence-corrected chi connectivity index (χ4v) is 2.92. The van der Waals surface area contributed by atoms with Crippen molar-refractivity contribution in [1.29, 1.82) is 0 Å². The van der Waals surface area contributed by atoms with Crippen molar-refractivity contribution < 1.29 is 33.3 Å². The van der Waals surface area contributed by atoms with Crippen molar-refractivity contribution in [2.45, 2.75) is 0 Å². The van der Waals surface area contributed by atoms with Crippen LogP contribution in [0.25, 0.3) is 0 Å². The number of nitrogens with zero attached hydrogens (tertiary/aromatic N) is 1. The van der Waals surface area contributed by atoms with E-state index >= 15 is 0 Å². The zero-order chi connectivity index (χ0) is 20.8. The lowest BCUT2D eigenvalue weighted by atomic mass is 10.1. The normalized spacial score (nSPS) is 13.7. The average molecular weight is 399 g/mol. The molecule has 2 aromatic carbocycles. The first-order valence-electron chi connectivity index (χ1n) is 8.75. The Morgan fingerprint density at radius 3 is 2.14 bits per heavy atom. The molecule has 0 unspecified atom stereocenters. The van der Waals surface area contributed by atoms with E-state index in [9.17, 15) is 9.59 Å². The highest BCUT2D eigenvalue weighted by Crippen LogP contribution is 2.39. The van der Waals surface area contributed by atoms with Crippen LogP contribution >= 0.6 is 0 Å². The van der Waals surface area contributed by atoms with Gasteiger partial charge in [-0.2, -0.15) is 0 Å². The number of rotatable bonds is 6. The molecule has 0 radical (unpaired) electrons. The third-order valence-corrected chi connectivity index (χ3v) is 4.28. The van der Waals surface area contributed by atoms with E-state index in [2.05, 4.69) is 0 Å². The first kappa shape index (κ1) is 20.2. The highest BCUT2D eigenvalue weighted by atomic mass is 16.5. The molecular formula is C21H21NO7. The Kier molecular flexibility index (Phi) is 6.36. The number of hydrogen-bond acceptors (Lipinski definition) is 8. The van der Waals surface area contributed by atoms with Gasteiger partial charge in [0.2, 0.25) is 0 Å². The summed E-state index contributed by atoms with van der Waals surface area (Å²) >= 11 is 0. The summed E-state index contributed by atoms with van der Waals surface area (Å²) in [6.45, 7) is -0.0413. The number of carbonyl (C=O) groups excluding carboxylic acids is 2. The zero-order valence-corrected chi connectivity index (χ0v) is 16.3. The first-order chi connectivity index (χ1) is 14.1. The van der Waals surface area contributed by atoms with Gasteiger partial charge < -0.3 is 28.6 Å². The number of ether oxygens (including phenoxy) is 5. The monoisotopic (exact) mass is 399 g/mol. The fourth-order valence-electron chi connectivity index (χ4n) is 2.92. The van der Waals surface area contributed by atoms with Gasteiger partial charge in [0, 0.05) is 0 Å². The molecular weight excluding hydrogens is 378 g/mol. The molecule has 0 aliphatic carbocycles. The number of anilines is 1. The number of benzene rings is 2. The molecule has 0 amide bonds. The van der Waals surface area contributed by atoms with Crippen LogP contribution in [0.15, 0.2) is 59.8 Å². The lowest BCUT2D eigenvalue weighted by molar-refractivity contribution is -0.140. The van der Waals surface area contributed by atoms with Gasteiger partial charge in [0.1, 0.15) is 12.4 Å². The highest BCUT2D eigenvalue weighted by Gasteiger charge is 2.33. The number of esters is 2. The van der Waals surface area contributed by atoms with Crippen molar-refractivity contribution in [3.8, 4) is 17.2 Å². The van der Waals surface area contributed by atoms with E-state index in [1.165, 1.54) is 19.1 Å². The van der Waals surface area contributed by atoms with Gasteiger partial charge in [-0.1, -0.05) is 24.3 Å². The predicted molar refractivity (Wildman–Crippen MR) is 104 cm³/mol. The van der Waals surface area contributed by atoms with Gasteiger partial charge in [-0.3, -0.25) is 0 Å². The van der Waals surface area contributed by atoms with Crippen molar-refractivity contribution in [3.05, 3.63) is 59.8 Å². The van der Waals surface area contributed by atoms with Crippen molar-refractivity contribution >= 4 is 17.6 Å². The minimum absolute atomic E-state index is 0.0250. The number of hydrogen-bond donors (Lipinski definition) is 0. The van der Waals surface area contributed by atoms with E-state index in [1.807, 2.05) is 12.1 Å². The van der Waals surface area contributed by atoms with Gasteiger partial charge >= 0.3 is 11.9 Å². The maximum Gasteiger partial charge on any atom is 0.355 e. The number of carbonyl (C=O) groups is 2. The van der Waals surface area contributed by atoms with Crippen molar-refractivity contribution in [2.75, 3.05) is 39.6 Å². The van der Waals surface area contributed by atoms with Crippen LogP contribution in [0.3, 0.4) is 0 Å². The van der Waals surface area contributed by atoms with Crippen LogP contribution in [-0.2, 0) is 23.8 Å². The van der Waals surface area contributed by atoms with E-state index in [0.717, 1.165) is 0 Å². The van der Waals surface area contributed by atoms with Crippen LogP contribution in [0.5, 0.6) is 17.2 Å². The largest absolute Gasteiger partial charge is 0.493 e. The summed E-state index contributed by atoms with van der Waals surface area (Å²) in [6.07, 6.45) is 0. The Bertz CT molecular complexity index is 938. The van der Waals surface area contributed by atoms with E-state index < -0.39 is 11.9 Å². The molecule has 29 heavy (non-hydrogen) atoms. The number of methoxy groups -OCH3 is 3. The Balaban J connectivity index is 2.08. The SMILES string of the molecule is COC(=O)C1=C(C(=O)OC)N(c2ccccc2Oc2ccccc2OC)COC1. The predicted octanol–water partition coefficient (Wildman–Crippen LogP) is 2.88. The first-order valence-corrected chi connectivity index (χ1v) is 8.75. The Hall–Kier alpha value is -3.52. The molecule has 1 heterocycles. The third-order valence-electron chi connectivity index (χ3n) is 4.28. The Labute approximate surface area is 168 Å². The minimum atomic E-state index is -0.680. The van der Waals surface area contributed by atoms with Gasteiger partial charge in [-0.15, -0.1) is 0 Å².